The van der Waals surface area contributed by atoms with Gasteiger partial charge in [0.05, 0.1) is 23.4 Å². The molecule has 0 radical (unpaired) electrons. The number of hydrogen-bond acceptors (Lipinski definition) is 4. The van der Waals surface area contributed by atoms with Gasteiger partial charge in [0.2, 0.25) is 0 Å². The molecular formula is C16H26N6S. The fourth-order valence-corrected chi connectivity index (χ4v) is 3.19. The number of nitrogens with one attached hydrogen (secondary N) is 3. The molecule has 0 amide bonds. The molecule has 0 fully saturated rings. The molecule has 0 unspecified atom stereocenters. The Bertz CT molecular complexity index is 643. The highest BCUT2D eigenvalue weighted by atomic mass is 32.1. The van der Waals surface area contributed by atoms with Crippen LogP contribution in [0.15, 0.2) is 11.2 Å². The van der Waals surface area contributed by atoms with Crippen LogP contribution in [0.4, 0.5) is 0 Å². The summed E-state index contributed by atoms with van der Waals surface area (Å²) < 4.78 is 0. The van der Waals surface area contributed by atoms with Crippen LogP contribution >= 0.6 is 11.3 Å². The second-order valence-corrected chi connectivity index (χ2v) is 6.77. The van der Waals surface area contributed by atoms with Gasteiger partial charge >= 0.3 is 0 Å². The average molecular weight is 334 g/mol. The summed E-state index contributed by atoms with van der Waals surface area (Å²) in [4.78, 5) is 10.3. The van der Waals surface area contributed by atoms with Crippen LogP contribution in [0.5, 0.6) is 0 Å². The Balaban J connectivity index is 1.82. The van der Waals surface area contributed by atoms with Gasteiger partial charge in [-0.1, -0.05) is 0 Å². The first-order chi connectivity index (χ1) is 11.1. The highest BCUT2D eigenvalue weighted by molar-refractivity contribution is 7.11. The second-order valence-electron chi connectivity index (χ2n) is 5.49. The van der Waals surface area contributed by atoms with E-state index < -0.39 is 0 Å². The van der Waals surface area contributed by atoms with E-state index in [0.717, 1.165) is 48.3 Å². The number of H-pyrrole nitrogens is 1. The number of hydrogen-bond donors (Lipinski definition) is 3. The van der Waals surface area contributed by atoms with E-state index in [1.165, 1.54) is 10.4 Å². The number of thiazole rings is 1. The molecule has 0 saturated heterocycles. The molecule has 3 N–H and O–H groups in total. The lowest BCUT2D eigenvalue weighted by molar-refractivity contribution is 0.742. The van der Waals surface area contributed by atoms with E-state index in [2.05, 4.69) is 44.7 Å². The zero-order chi connectivity index (χ0) is 16.7. The van der Waals surface area contributed by atoms with Crippen LogP contribution in [-0.2, 0) is 13.0 Å². The van der Waals surface area contributed by atoms with Crippen molar-refractivity contribution in [1.29, 1.82) is 0 Å². The molecule has 23 heavy (non-hydrogen) atoms. The van der Waals surface area contributed by atoms with E-state index >= 15 is 0 Å². The first-order valence-electron chi connectivity index (χ1n) is 8.04. The molecule has 0 spiro atoms. The van der Waals surface area contributed by atoms with Crippen molar-refractivity contribution in [3.05, 3.63) is 33.0 Å². The standard InChI is InChI=1S/C16H26N6S/c1-5-17-16(19-10-15-12(3)21-13(4)23-15)18-8-6-7-14-9-20-22-11(14)2/h9H,5-8,10H2,1-4H3,(H,20,22)(H2,17,18,19). The number of rotatable bonds is 7. The third kappa shape index (κ3) is 5.35. The maximum atomic E-state index is 4.66. The predicted molar refractivity (Wildman–Crippen MR) is 96.1 cm³/mol. The van der Waals surface area contributed by atoms with Gasteiger partial charge in [-0.05, 0) is 46.1 Å². The van der Waals surface area contributed by atoms with Crippen molar-refractivity contribution in [2.24, 2.45) is 4.99 Å². The maximum absolute atomic E-state index is 4.66. The fraction of sp³-hybridized carbons (Fsp3) is 0.562. The quantitative estimate of drug-likeness (QED) is 0.413. The monoisotopic (exact) mass is 334 g/mol. The summed E-state index contributed by atoms with van der Waals surface area (Å²) in [5.41, 5.74) is 3.52. The molecule has 0 bridgehead atoms. The number of aliphatic imine (C=N–C) groups is 1. The van der Waals surface area contributed by atoms with Crippen LogP contribution in [0.3, 0.4) is 0 Å². The lowest BCUT2D eigenvalue weighted by Gasteiger charge is -2.11. The molecular weight excluding hydrogens is 308 g/mol. The summed E-state index contributed by atoms with van der Waals surface area (Å²) in [6.45, 7) is 10.6. The molecule has 2 heterocycles. The Morgan fingerprint density at radius 1 is 1.30 bits per heavy atom. The third-order valence-corrected chi connectivity index (χ3v) is 4.63. The van der Waals surface area contributed by atoms with Gasteiger partial charge in [0.15, 0.2) is 5.96 Å². The Hall–Kier alpha value is -1.89. The minimum Gasteiger partial charge on any atom is -0.357 e. The van der Waals surface area contributed by atoms with E-state index in [4.69, 9.17) is 0 Å². The van der Waals surface area contributed by atoms with Crippen LogP contribution in [0.25, 0.3) is 0 Å². The van der Waals surface area contributed by atoms with Gasteiger partial charge in [-0.25, -0.2) is 9.98 Å². The van der Waals surface area contributed by atoms with E-state index in [1.54, 1.807) is 11.3 Å². The van der Waals surface area contributed by atoms with Crippen molar-refractivity contribution in [1.82, 2.24) is 25.8 Å². The van der Waals surface area contributed by atoms with Gasteiger partial charge in [-0.15, -0.1) is 11.3 Å². The lowest BCUT2D eigenvalue weighted by Crippen LogP contribution is -2.37. The summed E-state index contributed by atoms with van der Waals surface area (Å²) in [6, 6.07) is 0. The Kier molecular flexibility index (Phi) is 6.58. The number of aryl methyl sites for hydroxylation is 4. The average Bonchev–Trinajstić information content (AvgIpc) is 3.06. The van der Waals surface area contributed by atoms with Crippen LogP contribution in [-0.4, -0.2) is 34.2 Å². The topological polar surface area (TPSA) is 78.0 Å². The van der Waals surface area contributed by atoms with Gasteiger partial charge < -0.3 is 10.6 Å². The van der Waals surface area contributed by atoms with E-state index in [1.807, 2.05) is 20.0 Å². The normalized spacial score (nSPS) is 11.7. The van der Waals surface area contributed by atoms with Crippen molar-refractivity contribution in [2.75, 3.05) is 13.1 Å². The number of aromatic amines is 1. The van der Waals surface area contributed by atoms with Gasteiger partial charge in [0, 0.05) is 23.7 Å². The molecule has 2 rings (SSSR count). The Morgan fingerprint density at radius 2 is 2.13 bits per heavy atom. The highest BCUT2D eigenvalue weighted by Gasteiger charge is 2.05. The van der Waals surface area contributed by atoms with E-state index in [9.17, 15) is 0 Å². The van der Waals surface area contributed by atoms with Gasteiger partial charge in [0.25, 0.3) is 0 Å². The zero-order valence-corrected chi connectivity index (χ0v) is 15.2. The van der Waals surface area contributed by atoms with Gasteiger partial charge in [0.1, 0.15) is 0 Å². The van der Waals surface area contributed by atoms with Gasteiger partial charge in [-0.3, -0.25) is 5.10 Å². The van der Waals surface area contributed by atoms with Crippen molar-refractivity contribution in [3.8, 4) is 0 Å². The minimum absolute atomic E-state index is 0.674. The lowest BCUT2D eigenvalue weighted by atomic mass is 10.1. The number of guanidine groups is 1. The van der Waals surface area contributed by atoms with Crippen molar-refractivity contribution in [2.45, 2.75) is 47.1 Å². The Morgan fingerprint density at radius 3 is 2.74 bits per heavy atom. The molecule has 0 aliphatic carbocycles. The van der Waals surface area contributed by atoms with Crippen LogP contribution in [0.1, 0.15) is 40.2 Å². The zero-order valence-electron chi connectivity index (χ0n) is 14.4. The number of aromatic nitrogens is 3. The summed E-state index contributed by atoms with van der Waals surface area (Å²) in [5, 5.41) is 14.8. The highest BCUT2D eigenvalue weighted by Crippen LogP contribution is 2.17. The second kappa shape index (κ2) is 8.67. The van der Waals surface area contributed by atoms with Gasteiger partial charge in [-0.2, -0.15) is 5.10 Å². The third-order valence-electron chi connectivity index (χ3n) is 3.57. The largest absolute Gasteiger partial charge is 0.357 e. The smallest absolute Gasteiger partial charge is 0.191 e. The molecule has 6 nitrogen and oxygen atoms in total. The fourth-order valence-electron chi connectivity index (χ4n) is 2.33. The van der Waals surface area contributed by atoms with Crippen molar-refractivity contribution in [3.63, 3.8) is 0 Å². The van der Waals surface area contributed by atoms with Crippen LogP contribution in [0, 0.1) is 20.8 Å². The molecule has 2 aromatic rings. The molecule has 0 atom stereocenters. The number of nitrogens with zero attached hydrogens (tertiary/aromatic N) is 3. The molecule has 7 heteroatoms. The molecule has 126 valence electrons. The van der Waals surface area contributed by atoms with E-state index in [0.29, 0.717) is 6.54 Å². The molecule has 0 aliphatic heterocycles. The Labute approximate surface area is 141 Å². The first-order valence-corrected chi connectivity index (χ1v) is 8.85. The SMILES string of the molecule is CCNC(=NCc1sc(C)nc1C)NCCCc1cn[nH]c1C. The summed E-state index contributed by atoms with van der Waals surface area (Å²) in [6.07, 6.45) is 3.97. The summed E-state index contributed by atoms with van der Waals surface area (Å²) >= 11 is 1.72. The minimum atomic E-state index is 0.674. The molecule has 2 aromatic heterocycles. The van der Waals surface area contributed by atoms with Crippen LogP contribution in [0.2, 0.25) is 0 Å². The van der Waals surface area contributed by atoms with E-state index in [-0.39, 0.29) is 0 Å². The molecule has 0 saturated carbocycles. The predicted octanol–water partition coefficient (Wildman–Crippen LogP) is 2.48. The summed E-state index contributed by atoms with van der Waals surface area (Å²) in [5.74, 6) is 0.863. The summed E-state index contributed by atoms with van der Waals surface area (Å²) in [7, 11) is 0. The molecule has 0 aromatic carbocycles. The first kappa shape index (κ1) is 17.5. The maximum Gasteiger partial charge on any atom is 0.191 e. The van der Waals surface area contributed by atoms with Crippen LogP contribution < -0.4 is 10.6 Å². The molecule has 0 aliphatic rings. The van der Waals surface area contributed by atoms with Crippen molar-refractivity contribution >= 4 is 17.3 Å². The van der Waals surface area contributed by atoms with Crippen molar-refractivity contribution < 1.29 is 0 Å².